The maximum Gasteiger partial charge on any atom is 0.322 e. The van der Waals surface area contributed by atoms with Crippen LogP contribution in [-0.2, 0) is 9.53 Å². The van der Waals surface area contributed by atoms with Crippen molar-refractivity contribution in [3.8, 4) is 0 Å². The number of hydrogen-bond acceptors (Lipinski definition) is 3. The molecular formula is C6H15NO2. The zero-order valence-corrected chi connectivity index (χ0v) is 5.39. The molecular weight excluding hydrogens is 118 g/mol. The van der Waals surface area contributed by atoms with Crippen molar-refractivity contribution in [1.82, 2.24) is 5.32 Å². The first-order valence-corrected chi connectivity index (χ1v) is 2.47. The molecule has 1 atom stereocenters. The summed E-state index contributed by atoms with van der Waals surface area (Å²) in [4.78, 5) is 10.5. The summed E-state index contributed by atoms with van der Waals surface area (Å²) < 4.78 is 4.40. The summed E-state index contributed by atoms with van der Waals surface area (Å²) in [6.45, 7) is 1.74. The lowest BCUT2D eigenvalue weighted by Gasteiger charge is -2.04. The molecule has 0 rings (SSSR count). The Morgan fingerprint density at radius 2 is 2.11 bits per heavy atom. The highest BCUT2D eigenvalue weighted by Crippen LogP contribution is 1.81. The molecule has 9 heavy (non-hydrogen) atoms. The molecule has 0 aromatic carbocycles. The fraction of sp³-hybridized carbons (Fsp3) is 0.833. The molecule has 0 aliphatic heterocycles. The molecule has 0 heterocycles. The molecule has 1 unspecified atom stereocenters. The van der Waals surface area contributed by atoms with Crippen molar-refractivity contribution in [2.45, 2.75) is 20.4 Å². The van der Waals surface area contributed by atoms with E-state index < -0.39 is 0 Å². The first kappa shape index (κ1) is 11.3. The van der Waals surface area contributed by atoms with Gasteiger partial charge in [-0.3, -0.25) is 4.79 Å². The molecule has 1 N–H and O–H groups in total. The molecule has 0 spiro atoms. The van der Waals surface area contributed by atoms with Crippen LogP contribution in [-0.4, -0.2) is 26.2 Å². The highest BCUT2D eigenvalue weighted by Gasteiger charge is 2.07. The number of carbonyl (C=O) groups excluding carboxylic acids is 1. The van der Waals surface area contributed by atoms with Gasteiger partial charge in [0.15, 0.2) is 0 Å². The second kappa shape index (κ2) is 5.56. The monoisotopic (exact) mass is 133 g/mol. The predicted molar refractivity (Wildman–Crippen MR) is 37.3 cm³/mol. The van der Waals surface area contributed by atoms with Crippen LogP contribution in [0.2, 0.25) is 0 Å². The van der Waals surface area contributed by atoms with Crippen LogP contribution < -0.4 is 5.32 Å². The second-order valence-corrected chi connectivity index (χ2v) is 1.53. The number of likely N-dealkylation sites (N-methyl/N-ethyl adjacent to an activating group) is 1. The molecule has 0 fully saturated rings. The van der Waals surface area contributed by atoms with E-state index in [4.69, 9.17) is 0 Å². The summed E-state index contributed by atoms with van der Waals surface area (Å²) in [6.07, 6.45) is 0. The number of carbonyl (C=O) groups is 1. The van der Waals surface area contributed by atoms with Gasteiger partial charge in [-0.05, 0) is 14.0 Å². The van der Waals surface area contributed by atoms with Gasteiger partial charge in [0.1, 0.15) is 6.04 Å². The van der Waals surface area contributed by atoms with Crippen LogP contribution in [0.15, 0.2) is 0 Å². The molecule has 3 heteroatoms. The van der Waals surface area contributed by atoms with E-state index in [-0.39, 0.29) is 19.4 Å². The Balaban J connectivity index is 0. The Morgan fingerprint density at radius 3 is 2.22 bits per heavy atom. The number of nitrogens with one attached hydrogen (secondary N) is 1. The van der Waals surface area contributed by atoms with Crippen LogP contribution in [0.5, 0.6) is 0 Å². The molecule has 0 radical (unpaired) electrons. The average Bonchev–Trinajstić information content (AvgIpc) is 1.84. The predicted octanol–water partition coefficient (Wildman–Crippen LogP) is 0.403. The van der Waals surface area contributed by atoms with Gasteiger partial charge in [-0.15, -0.1) is 0 Å². The van der Waals surface area contributed by atoms with Gasteiger partial charge in [0.05, 0.1) is 7.11 Å². The summed E-state index contributed by atoms with van der Waals surface area (Å²) in [5.74, 6) is -0.229. The third-order valence-corrected chi connectivity index (χ3v) is 0.988. The topological polar surface area (TPSA) is 38.3 Å². The molecule has 0 bridgehead atoms. The van der Waals surface area contributed by atoms with Crippen molar-refractivity contribution in [3.63, 3.8) is 0 Å². The van der Waals surface area contributed by atoms with Crippen LogP contribution in [0, 0.1) is 0 Å². The molecule has 56 valence electrons. The highest BCUT2D eigenvalue weighted by molar-refractivity contribution is 5.74. The number of hydrogen-bond donors (Lipinski definition) is 1. The van der Waals surface area contributed by atoms with Crippen LogP contribution in [0.25, 0.3) is 0 Å². The molecule has 3 nitrogen and oxygen atoms in total. The molecule has 0 aliphatic carbocycles. The van der Waals surface area contributed by atoms with Crippen LogP contribution in [0.4, 0.5) is 0 Å². The van der Waals surface area contributed by atoms with E-state index in [1.165, 1.54) is 7.11 Å². The van der Waals surface area contributed by atoms with Crippen molar-refractivity contribution >= 4 is 5.97 Å². The quantitative estimate of drug-likeness (QED) is 0.554. The number of methoxy groups -OCH3 is 1. The van der Waals surface area contributed by atoms with E-state index >= 15 is 0 Å². The Morgan fingerprint density at radius 1 is 1.67 bits per heavy atom. The summed E-state index contributed by atoms with van der Waals surface area (Å²) in [6, 6.07) is -0.194. The van der Waals surface area contributed by atoms with Gasteiger partial charge in [-0.25, -0.2) is 0 Å². The minimum atomic E-state index is -0.229. The van der Waals surface area contributed by atoms with Crippen molar-refractivity contribution in [1.29, 1.82) is 0 Å². The number of esters is 1. The lowest BCUT2D eigenvalue weighted by atomic mass is 10.4. The van der Waals surface area contributed by atoms with Gasteiger partial charge >= 0.3 is 5.97 Å². The van der Waals surface area contributed by atoms with Crippen LogP contribution in [0.3, 0.4) is 0 Å². The average molecular weight is 133 g/mol. The van der Waals surface area contributed by atoms with E-state index in [0.717, 1.165) is 0 Å². The summed E-state index contributed by atoms with van der Waals surface area (Å²) in [5.41, 5.74) is 0. The van der Waals surface area contributed by atoms with Crippen molar-refractivity contribution in [2.24, 2.45) is 0 Å². The highest BCUT2D eigenvalue weighted by atomic mass is 16.5. The Kier molecular flexibility index (Phi) is 6.96. The van der Waals surface area contributed by atoms with E-state index in [9.17, 15) is 4.79 Å². The lowest BCUT2D eigenvalue weighted by Crippen LogP contribution is -2.31. The molecule has 0 amide bonds. The Labute approximate surface area is 56.4 Å². The minimum Gasteiger partial charge on any atom is -0.468 e. The maximum atomic E-state index is 10.5. The van der Waals surface area contributed by atoms with Crippen LogP contribution >= 0.6 is 0 Å². The first-order chi connectivity index (χ1) is 3.72. The maximum absolute atomic E-state index is 10.5. The van der Waals surface area contributed by atoms with E-state index in [1.807, 2.05) is 0 Å². The summed E-state index contributed by atoms with van der Waals surface area (Å²) in [7, 11) is 3.08. The number of rotatable bonds is 2. The van der Waals surface area contributed by atoms with Crippen molar-refractivity contribution < 1.29 is 9.53 Å². The van der Waals surface area contributed by atoms with Gasteiger partial charge in [0, 0.05) is 0 Å². The zero-order valence-electron chi connectivity index (χ0n) is 5.39. The third-order valence-electron chi connectivity index (χ3n) is 0.988. The summed E-state index contributed by atoms with van der Waals surface area (Å²) >= 11 is 0. The van der Waals surface area contributed by atoms with Gasteiger partial charge in [0.25, 0.3) is 0 Å². The molecule has 0 saturated carbocycles. The molecule has 0 aromatic heterocycles. The van der Waals surface area contributed by atoms with Gasteiger partial charge in [-0.2, -0.15) is 0 Å². The van der Waals surface area contributed by atoms with Gasteiger partial charge in [-0.1, -0.05) is 7.43 Å². The standard InChI is InChI=1S/C5H11NO2.CH4/c1-4(6-2)5(7)8-3;/h4,6H,1-3H3;1H4. The lowest BCUT2D eigenvalue weighted by molar-refractivity contribution is -0.142. The van der Waals surface area contributed by atoms with Crippen molar-refractivity contribution in [2.75, 3.05) is 14.2 Å². The molecule has 0 aromatic rings. The molecule has 0 aliphatic rings. The van der Waals surface area contributed by atoms with Gasteiger partial charge in [0.2, 0.25) is 0 Å². The van der Waals surface area contributed by atoms with Gasteiger partial charge < -0.3 is 10.1 Å². The molecule has 0 saturated heterocycles. The fourth-order valence-corrected chi connectivity index (χ4v) is 0.295. The Hall–Kier alpha value is -0.570. The minimum absolute atomic E-state index is 0. The summed E-state index contributed by atoms with van der Waals surface area (Å²) in [5, 5.41) is 2.74. The normalized spacial score (nSPS) is 11.4. The van der Waals surface area contributed by atoms with E-state index in [1.54, 1.807) is 14.0 Å². The second-order valence-electron chi connectivity index (χ2n) is 1.53. The smallest absolute Gasteiger partial charge is 0.322 e. The SMILES string of the molecule is C.CNC(C)C(=O)OC. The number of ether oxygens (including phenoxy) is 1. The first-order valence-electron chi connectivity index (χ1n) is 2.47. The van der Waals surface area contributed by atoms with E-state index in [0.29, 0.717) is 0 Å². The fourth-order valence-electron chi connectivity index (χ4n) is 0.295. The largest absolute Gasteiger partial charge is 0.468 e. The zero-order chi connectivity index (χ0) is 6.57. The van der Waals surface area contributed by atoms with Crippen molar-refractivity contribution in [3.05, 3.63) is 0 Å². The Bertz CT molecular complexity index is 83.1. The van der Waals surface area contributed by atoms with E-state index in [2.05, 4.69) is 10.1 Å². The third kappa shape index (κ3) is 3.97. The van der Waals surface area contributed by atoms with Crippen LogP contribution in [0.1, 0.15) is 14.4 Å².